The second-order valence-corrected chi connectivity index (χ2v) is 3.35. The molecule has 0 bridgehead atoms. The van der Waals surface area contributed by atoms with Crippen molar-refractivity contribution in [3.8, 4) is 0 Å². The Kier molecular flexibility index (Phi) is 6.03. The molecule has 4 heteroatoms. The molecule has 0 aliphatic rings. The molecule has 0 aromatic carbocycles. The highest BCUT2D eigenvalue weighted by Crippen LogP contribution is 1.99. The monoisotopic (exact) mass is 193 g/mol. The van der Waals surface area contributed by atoms with Crippen LogP contribution in [0.3, 0.4) is 0 Å². The minimum absolute atomic E-state index is 0. The molecule has 12 heavy (non-hydrogen) atoms. The number of ether oxygens (including phenoxy) is 1. The van der Waals surface area contributed by atoms with Crippen LogP contribution in [0.25, 0.3) is 0 Å². The first-order chi connectivity index (χ1) is 4.83. The van der Waals surface area contributed by atoms with Crippen molar-refractivity contribution in [2.24, 2.45) is 5.73 Å². The largest absolute Gasteiger partial charge is 0.460 e. The van der Waals surface area contributed by atoms with Crippen molar-refractivity contribution in [2.75, 3.05) is 6.61 Å². The van der Waals surface area contributed by atoms with Crippen LogP contribution >= 0.6 is 12.4 Å². The zero-order chi connectivity index (χ0) is 9.07. The van der Waals surface area contributed by atoms with Gasteiger partial charge in [-0.2, -0.15) is 0 Å². The van der Waals surface area contributed by atoms with E-state index in [2.05, 4.69) is 6.58 Å². The maximum absolute atomic E-state index is 10.8. The molecule has 0 heterocycles. The van der Waals surface area contributed by atoms with Gasteiger partial charge in [-0.3, -0.25) is 0 Å². The summed E-state index contributed by atoms with van der Waals surface area (Å²) in [5.41, 5.74) is 5.51. The lowest BCUT2D eigenvalue weighted by molar-refractivity contribution is -0.140. The van der Waals surface area contributed by atoms with Crippen LogP contribution in [0.1, 0.15) is 20.8 Å². The first-order valence-electron chi connectivity index (χ1n) is 3.44. The van der Waals surface area contributed by atoms with Gasteiger partial charge in [-0.1, -0.05) is 6.58 Å². The summed E-state index contributed by atoms with van der Waals surface area (Å²) in [5.74, 6) is -0.386. The molecular weight excluding hydrogens is 178 g/mol. The van der Waals surface area contributed by atoms with Crippen LogP contribution < -0.4 is 5.73 Å². The first-order valence-corrected chi connectivity index (χ1v) is 3.44. The van der Waals surface area contributed by atoms with E-state index in [-0.39, 0.29) is 25.0 Å². The van der Waals surface area contributed by atoms with E-state index >= 15 is 0 Å². The van der Waals surface area contributed by atoms with Crippen LogP contribution in [-0.2, 0) is 9.53 Å². The molecule has 2 N–H and O–H groups in total. The Morgan fingerprint density at radius 3 is 2.25 bits per heavy atom. The van der Waals surface area contributed by atoms with Gasteiger partial charge >= 0.3 is 5.97 Å². The van der Waals surface area contributed by atoms with Gasteiger partial charge in [0.1, 0.15) is 6.61 Å². The second kappa shape index (κ2) is 5.17. The van der Waals surface area contributed by atoms with Crippen LogP contribution in [0.5, 0.6) is 0 Å². The van der Waals surface area contributed by atoms with Crippen LogP contribution in [0, 0.1) is 0 Å². The lowest BCUT2D eigenvalue weighted by atomic mass is 10.1. The molecule has 0 radical (unpaired) electrons. The number of halogens is 1. The summed E-state index contributed by atoms with van der Waals surface area (Å²) < 4.78 is 4.80. The van der Waals surface area contributed by atoms with Crippen LogP contribution in [0.15, 0.2) is 12.2 Å². The first kappa shape index (κ1) is 14.0. The smallest absolute Gasteiger partial charge is 0.333 e. The highest BCUT2D eigenvalue weighted by molar-refractivity contribution is 5.86. The predicted octanol–water partition coefficient (Wildman–Crippen LogP) is 1.26. The highest BCUT2D eigenvalue weighted by Gasteiger charge is 2.13. The van der Waals surface area contributed by atoms with Crippen molar-refractivity contribution in [3.63, 3.8) is 0 Å². The number of esters is 1. The summed E-state index contributed by atoms with van der Waals surface area (Å²) in [6.45, 7) is 8.85. The average Bonchev–Trinajstić information content (AvgIpc) is 1.80. The zero-order valence-corrected chi connectivity index (χ0v) is 8.53. The topological polar surface area (TPSA) is 52.3 Å². The molecule has 0 aromatic heterocycles. The van der Waals surface area contributed by atoms with Gasteiger partial charge in [-0.05, 0) is 20.8 Å². The van der Waals surface area contributed by atoms with E-state index in [0.717, 1.165) is 0 Å². The molecule has 3 nitrogen and oxygen atoms in total. The summed E-state index contributed by atoms with van der Waals surface area (Å²) in [7, 11) is 0. The average molecular weight is 194 g/mol. The van der Waals surface area contributed by atoms with Crippen LogP contribution in [-0.4, -0.2) is 18.1 Å². The SMILES string of the molecule is C=C(C)C(=O)OCC(C)(C)N.Cl. The molecule has 0 saturated carbocycles. The molecule has 0 aliphatic carbocycles. The van der Waals surface area contributed by atoms with E-state index < -0.39 is 5.54 Å². The van der Waals surface area contributed by atoms with Gasteiger partial charge in [0, 0.05) is 11.1 Å². The van der Waals surface area contributed by atoms with Crippen molar-refractivity contribution in [1.29, 1.82) is 0 Å². The van der Waals surface area contributed by atoms with E-state index in [0.29, 0.717) is 5.57 Å². The van der Waals surface area contributed by atoms with E-state index in [9.17, 15) is 4.79 Å². The maximum atomic E-state index is 10.8. The Labute approximate surface area is 79.4 Å². The molecular formula is C8H16ClNO2. The molecule has 0 atom stereocenters. The summed E-state index contributed by atoms with van der Waals surface area (Å²) in [6.07, 6.45) is 0. The molecule has 0 amide bonds. The summed E-state index contributed by atoms with van der Waals surface area (Å²) in [4.78, 5) is 10.8. The molecule has 0 aliphatic heterocycles. The van der Waals surface area contributed by atoms with Crippen LogP contribution in [0.2, 0.25) is 0 Å². The fourth-order valence-corrected chi connectivity index (χ4v) is 0.375. The quantitative estimate of drug-likeness (QED) is 0.543. The molecule has 0 fully saturated rings. The number of carbonyl (C=O) groups is 1. The number of nitrogens with two attached hydrogens (primary N) is 1. The standard InChI is InChI=1S/C8H15NO2.ClH/c1-6(2)7(10)11-5-8(3,4)9;/h1,5,9H2,2-4H3;1H. The number of rotatable bonds is 3. The third-order valence-electron chi connectivity index (χ3n) is 0.924. The van der Waals surface area contributed by atoms with Gasteiger partial charge in [0.25, 0.3) is 0 Å². The number of hydrogen-bond acceptors (Lipinski definition) is 3. The number of hydrogen-bond donors (Lipinski definition) is 1. The number of carbonyl (C=O) groups excluding carboxylic acids is 1. The summed E-state index contributed by atoms with van der Waals surface area (Å²) >= 11 is 0. The van der Waals surface area contributed by atoms with Crippen molar-refractivity contribution >= 4 is 18.4 Å². The third kappa shape index (κ3) is 7.57. The molecule has 0 spiro atoms. The fourth-order valence-electron chi connectivity index (χ4n) is 0.375. The minimum Gasteiger partial charge on any atom is -0.460 e. The van der Waals surface area contributed by atoms with Crippen molar-refractivity contribution in [1.82, 2.24) is 0 Å². The van der Waals surface area contributed by atoms with Crippen molar-refractivity contribution < 1.29 is 9.53 Å². The Balaban J connectivity index is 0. The molecule has 0 rings (SSSR count). The molecule has 0 saturated heterocycles. The Hall–Kier alpha value is -0.540. The Morgan fingerprint density at radius 2 is 2.00 bits per heavy atom. The third-order valence-corrected chi connectivity index (χ3v) is 0.924. The minimum atomic E-state index is -0.467. The summed E-state index contributed by atoms with van der Waals surface area (Å²) in [6, 6.07) is 0. The molecule has 72 valence electrons. The Bertz CT molecular complexity index is 172. The van der Waals surface area contributed by atoms with Gasteiger partial charge in [0.15, 0.2) is 0 Å². The van der Waals surface area contributed by atoms with Crippen LogP contribution in [0.4, 0.5) is 0 Å². The van der Waals surface area contributed by atoms with E-state index in [1.807, 2.05) is 0 Å². The normalized spacial score (nSPS) is 10.0. The fraction of sp³-hybridized carbons (Fsp3) is 0.625. The van der Waals surface area contributed by atoms with E-state index in [4.69, 9.17) is 10.5 Å². The van der Waals surface area contributed by atoms with E-state index in [1.165, 1.54) is 0 Å². The molecule has 0 unspecified atom stereocenters. The van der Waals surface area contributed by atoms with Gasteiger partial charge in [0.2, 0.25) is 0 Å². The van der Waals surface area contributed by atoms with Gasteiger partial charge < -0.3 is 10.5 Å². The van der Waals surface area contributed by atoms with Gasteiger partial charge in [-0.25, -0.2) is 4.79 Å². The lowest BCUT2D eigenvalue weighted by Gasteiger charge is -2.17. The second-order valence-electron chi connectivity index (χ2n) is 3.35. The molecule has 0 aromatic rings. The summed E-state index contributed by atoms with van der Waals surface area (Å²) in [5, 5.41) is 0. The van der Waals surface area contributed by atoms with Gasteiger partial charge in [-0.15, -0.1) is 12.4 Å². The van der Waals surface area contributed by atoms with Gasteiger partial charge in [0.05, 0.1) is 0 Å². The maximum Gasteiger partial charge on any atom is 0.333 e. The Morgan fingerprint density at radius 1 is 1.58 bits per heavy atom. The zero-order valence-electron chi connectivity index (χ0n) is 7.72. The van der Waals surface area contributed by atoms with Crippen molar-refractivity contribution in [3.05, 3.63) is 12.2 Å². The predicted molar refractivity (Wildman–Crippen MR) is 51.3 cm³/mol. The van der Waals surface area contributed by atoms with Crippen molar-refractivity contribution in [2.45, 2.75) is 26.3 Å². The lowest BCUT2D eigenvalue weighted by Crippen LogP contribution is -2.38. The van der Waals surface area contributed by atoms with E-state index in [1.54, 1.807) is 20.8 Å². The highest BCUT2D eigenvalue weighted by atomic mass is 35.5.